The van der Waals surface area contributed by atoms with Crippen molar-refractivity contribution < 1.29 is 13.2 Å². The van der Waals surface area contributed by atoms with E-state index in [1.807, 2.05) is 6.92 Å². The number of nitrogens with zero attached hydrogens (tertiary/aromatic N) is 6. The van der Waals surface area contributed by atoms with Crippen molar-refractivity contribution in [1.29, 1.82) is 0 Å². The van der Waals surface area contributed by atoms with Gasteiger partial charge in [-0.05, 0) is 60.2 Å². The third kappa shape index (κ3) is 5.22. The summed E-state index contributed by atoms with van der Waals surface area (Å²) in [7, 11) is 0. The molecule has 7 nitrogen and oxygen atoms in total. The van der Waals surface area contributed by atoms with Gasteiger partial charge in [0.15, 0.2) is 5.16 Å². The third-order valence-electron chi connectivity index (χ3n) is 4.75. The highest BCUT2D eigenvalue weighted by Gasteiger charge is 2.30. The Morgan fingerprint density at radius 2 is 1.67 bits per heavy atom. The predicted octanol–water partition coefficient (Wildman–Crippen LogP) is 4.69. The standard InChI is InChI=1S/C21H19F3N6OS2/c1-2-29-20(26-27-28-29)33-13-5-12-32-19-25-17-7-4-3-6-16(17)18(31)30(19)15-10-8-14(9-11-15)21(22,23)24/h3-4,6-11H,2,5,12-13H2,1H3. The number of tetrazole rings is 1. The first kappa shape index (κ1) is 23.3. The summed E-state index contributed by atoms with van der Waals surface area (Å²) in [4.78, 5) is 17.8. The molecular formula is C21H19F3N6OS2. The summed E-state index contributed by atoms with van der Waals surface area (Å²) in [6, 6.07) is 11.5. The summed E-state index contributed by atoms with van der Waals surface area (Å²) >= 11 is 2.93. The van der Waals surface area contributed by atoms with Crippen LogP contribution in [0.5, 0.6) is 0 Å². The van der Waals surface area contributed by atoms with Gasteiger partial charge in [0.25, 0.3) is 5.56 Å². The van der Waals surface area contributed by atoms with Crippen LogP contribution in [0, 0.1) is 0 Å². The van der Waals surface area contributed by atoms with Gasteiger partial charge in [0.1, 0.15) is 0 Å². The zero-order valence-electron chi connectivity index (χ0n) is 17.5. The van der Waals surface area contributed by atoms with Crippen molar-refractivity contribution in [3.05, 3.63) is 64.4 Å². The number of rotatable bonds is 8. The van der Waals surface area contributed by atoms with Crippen LogP contribution in [0.2, 0.25) is 0 Å². The molecule has 0 aliphatic rings. The summed E-state index contributed by atoms with van der Waals surface area (Å²) in [5, 5.41) is 13.1. The summed E-state index contributed by atoms with van der Waals surface area (Å²) in [5.41, 5.74) is -0.206. The van der Waals surface area contributed by atoms with Crippen molar-refractivity contribution in [3.63, 3.8) is 0 Å². The second-order valence-corrected chi connectivity index (χ2v) is 9.05. The Bertz CT molecular complexity index is 1300. The normalized spacial score (nSPS) is 11.9. The maximum Gasteiger partial charge on any atom is 0.416 e. The molecule has 0 aliphatic heterocycles. The van der Waals surface area contributed by atoms with Gasteiger partial charge in [-0.3, -0.25) is 9.36 Å². The Morgan fingerprint density at radius 1 is 0.970 bits per heavy atom. The first-order valence-electron chi connectivity index (χ1n) is 10.1. The highest BCUT2D eigenvalue weighted by Crippen LogP contribution is 2.30. The maximum atomic E-state index is 13.2. The minimum atomic E-state index is -4.45. The molecule has 172 valence electrons. The number of aryl methyl sites for hydroxylation is 1. The van der Waals surface area contributed by atoms with E-state index in [1.54, 1.807) is 40.7 Å². The fourth-order valence-corrected chi connectivity index (χ4v) is 5.13. The molecule has 4 aromatic rings. The van der Waals surface area contributed by atoms with Gasteiger partial charge in [-0.25, -0.2) is 9.67 Å². The maximum absolute atomic E-state index is 13.2. The molecule has 0 fully saturated rings. The number of benzene rings is 2. The van der Waals surface area contributed by atoms with Crippen LogP contribution in [0.3, 0.4) is 0 Å². The van der Waals surface area contributed by atoms with Crippen LogP contribution < -0.4 is 5.56 Å². The zero-order chi connectivity index (χ0) is 23.4. The summed E-state index contributed by atoms with van der Waals surface area (Å²) < 4.78 is 42.0. The first-order valence-corrected chi connectivity index (χ1v) is 12.1. The van der Waals surface area contributed by atoms with Crippen molar-refractivity contribution >= 4 is 34.4 Å². The quantitative estimate of drug-likeness (QED) is 0.201. The third-order valence-corrected chi connectivity index (χ3v) is 6.82. The Labute approximate surface area is 195 Å². The van der Waals surface area contributed by atoms with E-state index >= 15 is 0 Å². The molecule has 33 heavy (non-hydrogen) atoms. The molecule has 2 heterocycles. The van der Waals surface area contributed by atoms with Crippen LogP contribution in [-0.2, 0) is 12.7 Å². The second kappa shape index (κ2) is 9.96. The molecule has 0 saturated heterocycles. The minimum absolute atomic E-state index is 0.320. The lowest BCUT2D eigenvalue weighted by molar-refractivity contribution is -0.137. The Balaban J connectivity index is 1.57. The van der Waals surface area contributed by atoms with E-state index in [0.29, 0.717) is 34.0 Å². The second-order valence-electron chi connectivity index (χ2n) is 6.92. The minimum Gasteiger partial charge on any atom is -0.268 e. The Morgan fingerprint density at radius 3 is 2.36 bits per heavy atom. The molecule has 0 bridgehead atoms. The van der Waals surface area contributed by atoms with E-state index in [-0.39, 0.29) is 5.56 Å². The number of aromatic nitrogens is 6. The van der Waals surface area contributed by atoms with Gasteiger partial charge >= 0.3 is 6.18 Å². The Kier molecular flexibility index (Phi) is 7.03. The molecule has 0 unspecified atom stereocenters. The summed E-state index contributed by atoms with van der Waals surface area (Å²) in [5.74, 6) is 1.43. The van der Waals surface area contributed by atoms with Crippen molar-refractivity contribution in [2.45, 2.75) is 36.4 Å². The van der Waals surface area contributed by atoms with Crippen LogP contribution in [0.4, 0.5) is 13.2 Å². The number of hydrogen-bond acceptors (Lipinski definition) is 7. The average molecular weight is 493 g/mol. The van der Waals surface area contributed by atoms with Gasteiger partial charge < -0.3 is 0 Å². The molecular weight excluding hydrogens is 473 g/mol. The van der Waals surface area contributed by atoms with E-state index < -0.39 is 11.7 Å². The van der Waals surface area contributed by atoms with Crippen LogP contribution in [-0.4, -0.2) is 41.3 Å². The van der Waals surface area contributed by atoms with Gasteiger partial charge in [-0.1, -0.05) is 35.7 Å². The molecule has 2 aromatic heterocycles. The first-order chi connectivity index (χ1) is 15.9. The molecule has 2 aromatic carbocycles. The summed E-state index contributed by atoms with van der Waals surface area (Å²) in [6.45, 7) is 2.65. The van der Waals surface area contributed by atoms with Crippen molar-refractivity contribution in [1.82, 2.24) is 29.8 Å². The molecule has 0 amide bonds. The largest absolute Gasteiger partial charge is 0.416 e. The van der Waals surface area contributed by atoms with Gasteiger partial charge in [0, 0.05) is 18.1 Å². The Hall–Kier alpha value is -2.86. The fraction of sp³-hybridized carbons (Fsp3) is 0.286. The van der Waals surface area contributed by atoms with Gasteiger partial charge in [-0.15, -0.1) is 5.10 Å². The van der Waals surface area contributed by atoms with E-state index in [0.717, 1.165) is 29.5 Å². The van der Waals surface area contributed by atoms with Crippen LogP contribution in [0.25, 0.3) is 16.6 Å². The molecule has 4 rings (SSSR count). The molecule has 12 heteroatoms. The predicted molar refractivity (Wildman–Crippen MR) is 122 cm³/mol. The van der Waals surface area contributed by atoms with E-state index in [9.17, 15) is 18.0 Å². The van der Waals surface area contributed by atoms with Crippen LogP contribution >= 0.6 is 23.5 Å². The molecule has 0 aliphatic carbocycles. The van der Waals surface area contributed by atoms with E-state index in [1.165, 1.54) is 28.5 Å². The lowest BCUT2D eigenvalue weighted by Crippen LogP contribution is -2.22. The highest BCUT2D eigenvalue weighted by molar-refractivity contribution is 8.00. The topological polar surface area (TPSA) is 78.5 Å². The van der Waals surface area contributed by atoms with Gasteiger partial charge in [0.2, 0.25) is 5.16 Å². The fourth-order valence-electron chi connectivity index (χ4n) is 3.12. The monoisotopic (exact) mass is 492 g/mol. The van der Waals surface area contributed by atoms with Gasteiger partial charge in [0.05, 0.1) is 22.2 Å². The van der Waals surface area contributed by atoms with Crippen molar-refractivity contribution in [3.8, 4) is 5.69 Å². The lowest BCUT2D eigenvalue weighted by atomic mass is 10.2. The van der Waals surface area contributed by atoms with Crippen molar-refractivity contribution in [2.24, 2.45) is 0 Å². The molecule has 0 saturated carbocycles. The number of fused-ring (bicyclic) bond motifs is 1. The smallest absolute Gasteiger partial charge is 0.268 e. The highest BCUT2D eigenvalue weighted by atomic mass is 32.2. The SMILES string of the molecule is CCn1nnnc1SCCCSc1nc2ccccc2c(=O)n1-c1ccc(C(F)(F)F)cc1. The van der Waals surface area contributed by atoms with Crippen LogP contribution in [0.15, 0.2) is 63.6 Å². The number of thioether (sulfide) groups is 2. The molecule has 0 N–H and O–H groups in total. The average Bonchev–Trinajstić information content (AvgIpc) is 3.26. The van der Waals surface area contributed by atoms with Gasteiger partial charge in [-0.2, -0.15) is 13.2 Å². The number of alkyl halides is 3. The molecule has 0 spiro atoms. The lowest BCUT2D eigenvalue weighted by Gasteiger charge is -2.14. The summed E-state index contributed by atoms with van der Waals surface area (Å²) in [6.07, 6.45) is -3.65. The number of hydrogen-bond donors (Lipinski definition) is 0. The van der Waals surface area contributed by atoms with Crippen LogP contribution in [0.1, 0.15) is 18.9 Å². The number of halogens is 3. The molecule has 0 atom stereocenters. The molecule has 0 radical (unpaired) electrons. The van der Waals surface area contributed by atoms with Crippen molar-refractivity contribution in [2.75, 3.05) is 11.5 Å². The number of para-hydroxylation sites is 1. The van der Waals surface area contributed by atoms with E-state index in [2.05, 4.69) is 20.5 Å². The van der Waals surface area contributed by atoms with E-state index in [4.69, 9.17) is 0 Å². The zero-order valence-corrected chi connectivity index (χ0v) is 19.1.